The lowest BCUT2D eigenvalue weighted by atomic mass is 9.98. The molecule has 0 amide bonds. The first-order chi connectivity index (χ1) is 45.5. The van der Waals surface area contributed by atoms with E-state index in [4.69, 9.17) is 28.9 Å². The predicted octanol–water partition coefficient (Wildman–Crippen LogP) is 19.0. The summed E-state index contributed by atoms with van der Waals surface area (Å²) in [7, 11) is 0. The third kappa shape index (κ3) is 18.5. The van der Waals surface area contributed by atoms with E-state index in [0.717, 1.165) is 136 Å². The summed E-state index contributed by atoms with van der Waals surface area (Å²) >= 11 is 0. The minimum Gasteiger partial charge on any atom is -0.494 e. The Labute approximate surface area is 554 Å². The van der Waals surface area contributed by atoms with Gasteiger partial charge in [0.2, 0.25) is 0 Å². The van der Waals surface area contributed by atoms with Gasteiger partial charge in [-0.3, -0.25) is 9.97 Å². The third-order valence-corrected chi connectivity index (χ3v) is 18.1. The van der Waals surface area contributed by atoms with Gasteiger partial charge in [-0.25, -0.2) is 28.9 Å². The van der Waals surface area contributed by atoms with Crippen LogP contribution >= 0.6 is 0 Å². The Bertz CT molecular complexity index is 4100. The number of aromatic nitrogens is 7. The zero-order chi connectivity index (χ0) is 66.1. The fourth-order valence-corrected chi connectivity index (χ4v) is 12.6. The molecule has 0 unspecified atom stereocenters. The Kier molecular flexibility index (Phi) is 23.7. The number of fused-ring (bicyclic) bond motifs is 8. The summed E-state index contributed by atoms with van der Waals surface area (Å²) in [6.45, 7) is 23.0. The summed E-state index contributed by atoms with van der Waals surface area (Å²) in [6.07, 6.45) is 22.9. The number of H-pyrrole nitrogens is 4. The van der Waals surface area contributed by atoms with Gasteiger partial charge in [-0.05, 0) is 181 Å². The van der Waals surface area contributed by atoms with Crippen LogP contribution in [0.15, 0.2) is 136 Å². The van der Waals surface area contributed by atoms with E-state index in [2.05, 4.69) is 204 Å². The van der Waals surface area contributed by atoms with Crippen molar-refractivity contribution in [2.24, 2.45) is 35.5 Å². The van der Waals surface area contributed by atoms with E-state index in [9.17, 15) is 14.4 Å². The molecule has 8 bridgehead atoms. The summed E-state index contributed by atoms with van der Waals surface area (Å²) < 4.78 is 26.4. The van der Waals surface area contributed by atoms with Crippen molar-refractivity contribution in [3.63, 3.8) is 0 Å². The molecule has 2 aliphatic heterocycles. The highest BCUT2D eigenvalue weighted by Gasteiger charge is 2.21. The second-order valence-electron chi connectivity index (χ2n) is 27.3. The highest BCUT2D eigenvalue weighted by molar-refractivity contribution is 6.00. The highest BCUT2D eigenvalue weighted by Crippen LogP contribution is 2.40. The molecule has 94 heavy (non-hydrogen) atoms. The van der Waals surface area contributed by atoms with Crippen molar-refractivity contribution in [2.75, 3.05) is 26.4 Å². The van der Waals surface area contributed by atoms with Gasteiger partial charge in [-0.1, -0.05) is 169 Å². The van der Waals surface area contributed by atoms with Crippen LogP contribution in [0.2, 0.25) is 0 Å². The zero-order valence-corrected chi connectivity index (χ0v) is 56.7. The maximum absolute atomic E-state index is 12.4. The Balaban J connectivity index is 1.07. The molecule has 14 nitrogen and oxygen atoms in total. The van der Waals surface area contributed by atoms with Crippen LogP contribution in [-0.2, 0) is 6.54 Å². The fourth-order valence-electron chi connectivity index (χ4n) is 12.6. The average Bonchev–Trinajstić information content (AvgIpc) is 1.61. The number of hydrogen-bond acceptors (Lipinski definition) is 9. The van der Waals surface area contributed by atoms with Crippen molar-refractivity contribution in [3.05, 3.63) is 176 Å². The first-order valence-corrected chi connectivity index (χ1v) is 34.5. The van der Waals surface area contributed by atoms with Gasteiger partial charge in [0.05, 0.1) is 49.2 Å². The molecular formula is C80H97N7O7. The molecule has 0 aliphatic carbocycles. The summed E-state index contributed by atoms with van der Waals surface area (Å²) in [5.74, 6) is 7.02. The van der Waals surface area contributed by atoms with Crippen LogP contribution in [0.25, 0.3) is 90.9 Å². The molecule has 14 heteroatoms. The predicted molar refractivity (Wildman–Crippen MR) is 387 cm³/mol. The summed E-state index contributed by atoms with van der Waals surface area (Å²) in [4.78, 5) is 59.6. The first kappa shape index (κ1) is 68.0. The Morgan fingerprint density at radius 2 is 0.606 bits per heavy atom. The molecule has 10 rings (SSSR count). The lowest BCUT2D eigenvalue weighted by Gasteiger charge is -2.13. The van der Waals surface area contributed by atoms with Gasteiger partial charge >= 0.3 is 17.1 Å². The van der Waals surface area contributed by atoms with Crippen LogP contribution in [0.1, 0.15) is 169 Å². The molecule has 8 aromatic rings. The van der Waals surface area contributed by atoms with Crippen molar-refractivity contribution in [2.45, 2.75) is 152 Å². The summed E-state index contributed by atoms with van der Waals surface area (Å²) in [5.41, 5.74) is 11.8. The van der Waals surface area contributed by atoms with Gasteiger partial charge in [-0.15, -0.1) is 0 Å². The van der Waals surface area contributed by atoms with Gasteiger partial charge in [0, 0.05) is 50.9 Å². The van der Waals surface area contributed by atoms with Crippen molar-refractivity contribution < 1.29 is 18.9 Å². The fraction of sp³-hybridized carbons (Fsp3) is 0.412. The molecule has 494 valence electrons. The Morgan fingerprint density at radius 3 is 0.883 bits per heavy atom. The summed E-state index contributed by atoms with van der Waals surface area (Å²) in [6, 6.07) is 41.7. The van der Waals surface area contributed by atoms with E-state index in [1.165, 1.54) is 57.8 Å². The van der Waals surface area contributed by atoms with Crippen LogP contribution < -0.4 is 36.0 Å². The van der Waals surface area contributed by atoms with Crippen LogP contribution in [0.3, 0.4) is 0 Å². The van der Waals surface area contributed by atoms with Crippen LogP contribution in [-0.4, -0.2) is 60.9 Å². The molecular weight excluding hydrogens is 1170 g/mol. The number of ether oxygens (including phenoxy) is 4. The molecule has 4 aromatic carbocycles. The molecule has 4 N–H and O–H groups in total. The minimum absolute atomic E-state index is 0.0677. The van der Waals surface area contributed by atoms with Crippen molar-refractivity contribution >= 4 is 46.4 Å². The summed E-state index contributed by atoms with van der Waals surface area (Å²) in [5, 5.41) is 0. The molecule has 4 aromatic heterocycles. The quantitative estimate of drug-likeness (QED) is 0.0291. The third-order valence-electron chi connectivity index (χ3n) is 18.1. The largest absolute Gasteiger partial charge is 0.494 e. The lowest BCUT2D eigenvalue weighted by molar-refractivity contribution is 0.275. The normalized spacial score (nSPS) is 13.1. The molecule has 0 saturated heterocycles. The first-order valence-electron chi connectivity index (χ1n) is 34.5. The standard InChI is InChI=1S/C80H97N7O7/c1-52(2)14-10-17-55(7)44-49-92-63-30-22-59(23-31-63)75-68-38-36-66(81-68)74(58-20-28-62(29-21-58)91-48-13-47-87-79(89)85-78(88)86-80(87)90)67-37-39-69(82-67)76(60-24-32-64(33-25-60)93-50-45-56(8)18-11-15-53(3)4)71-41-43-73(84-71)77(72-42-40-70(75)83-72)61-26-34-65(35-27-61)94-51-46-57(9)19-12-16-54(5)6/h20-43,52-57,81,84H,10-19,44-51H2,1-9H3,(H2,85,86,88,89,90)/t55-,56-,57-/m0/s1. The van der Waals surface area contributed by atoms with Crippen LogP contribution in [0, 0.1) is 35.5 Å². The van der Waals surface area contributed by atoms with Gasteiger partial charge < -0.3 is 28.9 Å². The van der Waals surface area contributed by atoms with Gasteiger partial charge in [0.1, 0.15) is 23.0 Å². The van der Waals surface area contributed by atoms with Crippen LogP contribution in [0.4, 0.5) is 0 Å². The maximum Gasteiger partial charge on any atom is 0.333 e. The Hall–Kier alpha value is -8.91. The molecule has 2 aliphatic rings. The number of benzene rings is 4. The highest BCUT2D eigenvalue weighted by atomic mass is 16.5. The monoisotopic (exact) mass is 1270 g/mol. The van der Waals surface area contributed by atoms with Gasteiger partial charge in [-0.2, -0.15) is 0 Å². The molecule has 0 radical (unpaired) electrons. The minimum atomic E-state index is -0.839. The molecule has 0 saturated carbocycles. The second kappa shape index (κ2) is 32.8. The van der Waals surface area contributed by atoms with E-state index in [1.54, 1.807) is 0 Å². The molecule has 0 spiro atoms. The van der Waals surface area contributed by atoms with Gasteiger partial charge in [0.15, 0.2) is 0 Å². The van der Waals surface area contributed by atoms with E-state index in [1.807, 2.05) is 24.3 Å². The number of hydrogen-bond donors (Lipinski definition) is 4. The van der Waals surface area contributed by atoms with Crippen molar-refractivity contribution in [1.29, 1.82) is 0 Å². The van der Waals surface area contributed by atoms with Crippen molar-refractivity contribution in [1.82, 2.24) is 34.5 Å². The number of nitrogens with zero attached hydrogens (tertiary/aromatic N) is 3. The topological polar surface area (TPSA) is 182 Å². The molecule has 6 heterocycles. The van der Waals surface area contributed by atoms with E-state index in [-0.39, 0.29) is 13.2 Å². The number of nitrogens with one attached hydrogen (secondary N) is 4. The second-order valence-corrected chi connectivity index (χ2v) is 27.3. The lowest BCUT2D eigenvalue weighted by Crippen LogP contribution is -2.43. The van der Waals surface area contributed by atoms with Gasteiger partial charge in [0.25, 0.3) is 0 Å². The van der Waals surface area contributed by atoms with Crippen molar-refractivity contribution in [3.8, 4) is 67.5 Å². The van der Waals surface area contributed by atoms with E-state index in [0.29, 0.717) is 61.6 Å². The van der Waals surface area contributed by atoms with E-state index < -0.39 is 17.1 Å². The maximum atomic E-state index is 12.4. The SMILES string of the molecule is CC(C)CCC[C@H](C)CCOc1ccc(-c2c3nc(c(-c4ccc(OCC[C@@H](C)CCCC(C)C)cc4)c4ccc([nH]4)c(-c4ccc(OCC[C@@H](C)CCCC(C)C)cc4)c4nc(c(-c5ccc(OCCCn6c(=O)[nH]c(=O)[nH]c6=O)cc5)c5ccc2[nH]5)C=C4)C=C3)cc1. The Morgan fingerprint density at radius 1 is 0.330 bits per heavy atom. The average molecular weight is 1270 g/mol. The number of aromatic amines is 4. The number of rotatable bonds is 33. The smallest absolute Gasteiger partial charge is 0.333 e. The van der Waals surface area contributed by atoms with E-state index >= 15 is 0 Å². The zero-order valence-electron chi connectivity index (χ0n) is 56.7. The molecule has 3 atom stereocenters. The molecule has 0 fully saturated rings. The van der Waals surface area contributed by atoms with Crippen LogP contribution in [0.5, 0.6) is 23.0 Å².